The van der Waals surface area contributed by atoms with Crippen molar-refractivity contribution in [2.75, 3.05) is 17.3 Å². The molecule has 0 saturated heterocycles. The first-order valence-electron chi connectivity index (χ1n) is 10.2. The molecule has 11 heteroatoms. The van der Waals surface area contributed by atoms with E-state index < -0.39 is 23.8 Å². The minimum Gasteiger partial charge on any atom is -0.465 e. The number of esters is 2. The zero-order valence-electron chi connectivity index (χ0n) is 18.4. The summed E-state index contributed by atoms with van der Waals surface area (Å²) >= 11 is 18.1. The SMILES string of the molecule is COC(=O)c1ccc(OC(=O)c2ccc(NC3=C(Cl)C(=O)N(c4ccc(Cl)c(Cl)c4)C3=O)cc2)cc1. The van der Waals surface area contributed by atoms with Crippen LogP contribution in [0.5, 0.6) is 5.75 Å². The summed E-state index contributed by atoms with van der Waals surface area (Å²) in [6.45, 7) is 0. The molecule has 36 heavy (non-hydrogen) atoms. The van der Waals surface area contributed by atoms with Gasteiger partial charge >= 0.3 is 11.9 Å². The summed E-state index contributed by atoms with van der Waals surface area (Å²) in [5.74, 6) is -2.30. The van der Waals surface area contributed by atoms with Crippen molar-refractivity contribution in [3.63, 3.8) is 0 Å². The lowest BCUT2D eigenvalue weighted by Crippen LogP contribution is -2.32. The molecule has 0 saturated carbocycles. The molecule has 182 valence electrons. The van der Waals surface area contributed by atoms with Crippen molar-refractivity contribution in [3.8, 4) is 5.75 Å². The predicted molar refractivity (Wildman–Crippen MR) is 135 cm³/mol. The molecular weight excluding hydrogens is 531 g/mol. The molecule has 0 atom stereocenters. The number of hydrogen-bond donors (Lipinski definition) is 1. The van der Waals surface area contributed by atoms with Gasteiger partial charge in [-0.25, -0.2) is 14.5 Å². The number of benzene rings is 3. The number of nitrogens with one attached hydrogen (secondary N) is 1. The summed E-state index contributed by atoms with van der Waals surface area (Å²) in [6.07, 6.45) is 0. The van der Waals surface area contributed by atoms with Crippen molar-refractivity contribution in [2.24, 2.45) is 0 Å². The monoisotopic (exact) mass is 544 g/mol. The lowest BCUT2D eigenvalue weighted by atomic mass is 10.2. The van der Waals surface area contributed by atoms with E-state index in [9.17, 15) is 19.2 Å². The lowest BCUT2D eigenvalue weighted by Gasteiger charge is -2.15. The van der Waals surface area contributed by atoms with Crippen LogP contribution in [-0.4, -0.2) is 30.9 Å². The third-order valence-corrected chi connectivity index (χ3v) is 6.15. The smallest absolute Gasteiger partial charge is 0.343 e. The molecule has 1 aliphatic heterocycles. The first kappa shape index (κ1) is 25.2. The zero-order valence-corrected chi connectivity index (χ0v) is 20.6. The minimum absolute atomic E-state index is 0.131. The maximum Gasteiger partial charge on any atom is 0.343 e. The van der Waals surface area contributed by atoms with E-state index in [4.69, 9.17) is 39.5 Å². The van der Waals surface area contributed by atoms with Crippen LogP contribution in [0.1, 0.15) is 20.7 Å². The summed E-state index contributed by atoms with van der Waals surface area (Å²) in [5, 5.41) is 2.96. The molecule has 3 aromatic carbocycles. The van der Waals surface area contributed by atoms with Crippen LogP contribution in [0.3, 0.4) is 0 Å². The largest absolute Gasteiger partial charge is 0.465 e. The molecule has 1 N–H and O–H groups in total. The third-order valence-electron chi connectivity index (χ3n) is 5.06. The van der Waals surface area contributed by atoms with Crippen molar-refractivity contribution in [1.29, 1.82) is 0 Å². The number of imide groups is 1. The van der Waals surface area contributed by atoms with Crippen LogP contribution >= 0.6 is 34.8 Å². The van der Waals surface area contributed by atoms with E-state index in [-0.39, 0.29) is 37.8 Å². The van der Waals surface area contributed by atoms with Gasteiger partial charge in [-0.15, -0.1) is 0 Å². The van der Waals surface area contributed by atoms with Crippen LogP contribution in [0.2, 0.25) is 10.0 Å². The number of nitrogens with zero attached hydrogens (tertiary/aromatic N) is 1. The Morgan fingerprint density at radius 1 is 0.778 bits per heavy atom. The highest BCUT2D eigenvalue weighted by Crippen LogP contribution is 2.33. The minimum atomic E-state index is -0.721. The molecule has 8 nitrogen and oxygen atoms in total. The molecule has 3 aromatic rings. The highest BCUT2D eigenvalue weighted by molar-refractivity contribution is 6.53. The number of halogens is 3. The zero-order chi connectivity index (χ0) is 26.0. The van der Waals surface area contributed by atoms with E-state index in [1.165, 1.54) is 73.8 Å². The molecule has 4 rings (SSSR count). The Kier molecular flexibility index (Phi) is 7.30. The second-order valence-corrected chi connectivity index (χ2v) is 8.53. The van der Waals surface area contributed by atoms with Crippen molar-refractivity contribution in [2.45, 2.75) is 0 Å². The van der Waals surface area contributed by atoms with Crippen LogP contribution in [0, 0.1) is 0 Å². The average molecular weight is 546 g/mol. The van der Waals surface area contributed by atoms with Gasteiger partial charge in [-0.2, -0.15) is 0 Å². The fraction of sp³-hybridized carbons (Fsp3) is 0.0400. The lowest BCUT2D eigenvalue weighted by molar-refractivity contribution is -0.120. The summed E-state index contributed by atoms with van der Waals surface area (Å²) in [7, 11) is 1.27. The van der Waals surface area contributed by atoms with Crippen molar-refractivity contribution < 1.29 is 28.7 Å². The summed E-state index contributed by atoms with van der Waals surface area (Å²) in [5.41, 5.74) is 1.03. The predicted octanol–water partition coefficient (Wildman–Crippen LogP) is 5.43. The topological polar surface area (TPSA) is 102 Å². The van der Waals surface area contributed by atoms with E-state index in [0.29, 0.717) is 11.3 Å². The summed E-state index contributed by atoms with van der Waals surface area (Å²) < 4.78 is 9.93. The van der Waals surface area contributed by atoms with Gasteiger partial charge in [0.2, 0.25) is 0 Å². The van der Waals surface area contributed by atoms with Gasteiger partial charge in [0.25, 0.3) is 11.8 Å². The molecule has 0 aromatic heterocycles. The van der Waals surface area contributed by atoms with Crippen molar-refractivity contribution in [3.05, 3.63) is 98.6 Å². The van der Waals surface area contributed by atoms with Crippen molar-refractivity contribution >= 4 is 69.9 Å². The van der Waals surface area contributed by atoms with Gasteiger partial charge in [-0.3, -0.25) is 9.59 Å². The van der Waals surface area contributed by atoms with Gasteiger partial charge in [-0.1, -0.05) is 34.8 Å². The Morgan fingerprint density at radius 2 is 1.39 bits per heavy atom. The molecule has 0 spiro atoms. The number of anilines is 2. The molecule has 0 aliphatic carbocycles. The maximum atomic E-state index is 12.9. The number of ether oxygens (including phenoxy) is 2. The van der Waals surface area contributed by atoms with E-state index in [0.717, 1.165) is 4.90 Å². The van der Waals surface area contributed by atoms with Crippen LogP contribution < -0.4 is 15.0 Å². The molecule has 0 radical (unpaired) electrons. The fourth-order valence-electron chi connectivity index (χ4n) is 3.25. The normalized spacial score (nSPS) is 13.2. The number of methoxy groups -OCH3 is 1. The van der Waals surface area contributed by atoms with E-state index in [1.54, 1.807) is 0 Å². The highest BCUT2D eigenvalue weighted by atomic mass is 35.5. The second-order valence-electron chi connectivity index (χ2n) is 7.34. The molecule has 0 unspecified atom stereocenters. The summed E-state index contributed by atoms with van der Waals surface area (Å²) in [6, 6.07) is 16.2. The molecular formula is C25H15Cl3N2O6. The van der Waals surface area contributed by atoms with E-state index in [2.05, 4.69) is 10.1 Å². The highest BCUT2D eigenvalue weighted by Gasteiger charge is 2.39. The molecule has 2 amide bonds. The number of amides is 2. The first-order chi connectivity index (χ1) is 17.2. The third kappa shape index (κ3) is 5.06. The fourth-order valence-corrected chi connectivity index (χ4v) is 3.75. The average Bonchev–Trinajstić information content (AvgIpc) is 3.09. The van der Waals surface area contributed by atoms with Crippen LogP contribution in [0.25, 0.3) is 0 Å². The van der Waals surface area contributed by atoms with Crippen LogP contribution in [0.15, 0.2) is 77.5 Å². The second kappa shape index (κ2) is 10.4. The van der Waals surface area contributed by atoms with E-state index >= 15 is 0 Å². The van der Waals surface area contributed by atoms with Crippen molar-refractivity contribution in [1.82, 2.24) is 0 Å². The van der Waals surface area contributed by atoms with Crippen LogP contribution in [0.4, 0.5) is 11.4 Å². The van der Waals surface area contributed by atoms with Gasteiger partial charge < -0.3 is 14.8 Å². The number of carbonyl (C=O) groups excluding carboxylic acids is 4. The number of rotatable bonds is 6. The Bertz CT molecular complexity index is 1420. The first-order valence-corrected chi connectivity index (χ1v) is 11.3. The van der Waals surface area contributed by atoms with Gasteiger partial charge in [-0.05, 0) is 66.7 Å². The Labute approximate surface area is 219 Å². The number of hydrogen-bond acceptors (Lipinski definition) is 7. The Morgan fingerprint density at radius 3 is 2.00 bits per heavy atom. The van der Waals surface area contributed by atoms with Gasteiger partial charge in [0.1, 0.15) is 16.5 Å². The quantitative estimate of drug-likeness (QED) is 0.250. The van der Waals surface area contributed by atoms with Gasteiger partial charge in [0.05, 0.1) is 34.0 Å². The van der Waals surface area contributed by atoms with E-state index in [1.807, 2.05) is 0 Å². The summed E-state index contributed by atoms with van der Waals surface area (Å²) in [4.78, 5) is 50.4. The van der Waals surface area contributed by atoms with Gasteiger partial charge in [0.15, 0.2) is 0 Å². The van der Waals surface area contributed by atoms with Gasteiger partial charge in [0, 0.05) is 5.69 Å². The number of carbonyl (C=O) groups is 4. The molecule has 0 fully saturated rings. The maximum absolute atomic E-state index is 12.9. The molecule has 1 aliphatic rings. The molecule has 0 bridgehead atoms. The Hall–Kier alpha value is -3.85. The Balaban J connectivity index is 1.45. The standard InChI is InChI=1S/C25H15Cl3N2O6/c1-35-24(33)13-4-9-17(10-5-13)36-25(34)14-2-6-15(7-3-14)29-21-20(28)22(31)30(23(21)32)16-8-11-18(26)19(27)12-16/h2-12,29H,1H3. The molecule has 1 heterocycles. The van der Waals surface area contributed by atoms with Crippen LogP contribution in [-0.2, 0) is 14.3 Å².